The van der Waals surface area contributed by atoms with E-state index >= 15 is 0 Å². The standard InChI is InChI=1S/C15H12I2/c1-11-13(5-3-7-15(11)17)9-8-12-4-2-6-14(16)10-12/h2-10H,1H3. The molecule has 0 nitrogen and oxygen atoms in total. The highest BCUT2D eigenvalue weighted by Crippen LogP contribution is 2.18. The van der Waals surface area contributed by atoms with Crippen molar-refractivity contribution in [3.8, 4) is 0 Å². The first-order chi connectivity index (χ1) is 8.16. The van der Waals surface area contributed by atoms with Gasteiger partial charge in [-0.05, 0) is 87.0 Å². The number of hydrogen-bond acceptors (Lipinski definition) is 0. The van der Waals surface area contributed by atoms with Crippen molar-refractivity contribution in [2.24, 2.45) is 0 Å². The molecule has 0 radical (unpaired) electrons. The van der Waals surface area contributed by atoms with Gasteiger partial charge in [0.2, 0.25) is 0 Å². The lowest BCUT2D eigenvalue weighted by molar-refractivity contribution is 1.40. The molecule has 17 heavy (non-hydrogen) atoms. The molecule has 0 saturated heterocycles. The van der Waals surface area contributed by atoms with Crippen molar-refractivity contribution in [2.45, 2.75) is 6.92 Å². The fraction of sp³-hybridized carbons (Fsp3) is 0.0667. The SMILES string of the molecule is Cc1c(I)cccc1C=Cc1cccc(I)c1. The zero-order chi connectivity index (χ0) is 12.3. The van der Waals surface area contributed by atoms with E-state index in [1.54, 1.807) is 0 Å². The van der Waals surface area contributed by atoms with Crippen LogP contribution in [0.1, 0.15) is 16.7 Å². The van der Waals surface area contributed by atoms with Crippen molar-refractivity contribution in [3.63, 3.8) is 0 Å². The van der Waals surface area contributed by atoms with Crippen LogP contribution in [0.3, 0.4) is 0 Å². The Hall–Kier alpha value is -0.360. The van der Waals surface area contributed by atoms with E-state index in [2.05, 4.69) is 107 Å². The summed E-state index contributed by atoms with van der Waals surface area (Å²) >= 11 is 4.71. The third-order valence-electron chi connectivity index (χ3n) is 2.61. The summed E-state index contributed by atoms with van der Waals surface area (Å²) in [4.78, 5) is 0. The van der Waals surface area contributed by atoms with Gasteiger partial charge in [0.05, 0.1) is 0 Å². The molecule has 0 N–H and O–H groups in total. The molecule has 2 aromatic carbocycles. The molecule has 86 valence electrons. The van der Waals surface area contributed by atoms with Crippen LogP contribution in [0.5, 0.6) is 0 Å². The summed E-state index contributed by atoms with van der Waals surface area (Å²) in [5.74, 6) is 0. The van der Waals surface area contributed by atoms with Crippen molar-refractivity contribution >= 4 is 57.3 Å². The van der Waals surface area contributed by atoms with Gasteiger partial charge in [-0.2, -0.15) is 0 Å². The molecule has 0 bridgehead atoms. The van der Waals surface area contributed by atoms with Crippen LogP contribution in [0.25, 0.3) is 12.2 Å². The molecule has 0 amide bonds. The van der Waals surface area contributed by atoms with E-state index in [4.69, 9.17) is 0 Å². The quantitative estimate of drug-likeness (QED) is 0.430. The fourth-order valence-electron chi connectivity index (χ4n) is 1.60. The molecule has 0 aliphatic heterocycles. The molecule has 0 saturated carbocycles. The molecule has 0 heterocycles. The van der Waals surface area contributed by atoms with Crippen LogP contribution in [0, 0.1) is 14.1 Å². The maximum absolute atomic E-state index is 2.37. The van der Waals surface area contributed by atoms with E-state index in [1.807, 2.05) is 0 Å². The normalized spacial score (nSPS) is 11.0. The van der Waals surface area contributed by atoms with Gasteiger partial charge in [0.25, 0.3) is 0 Å². The molecular formula is C15H12I2. The number of rotatable bonds is 2. The van der Waals surface area contributed by atoms with Crippen LogP contribution >= 0.6 is 45.2 Å². The average molecular weight is 446 g/mol. The zero-order valence-electron chi connectivity index (χ0n) is 9.45. The topological polar surface area (TPSA) is 0 Å². The third-order valence-corrected chi connectivity index (χ3v) is 4.45. The predicted octanol–water partition coefficient (Wildman–Crippen LogP) is 5.37. The Labute approximate surface area is 129 Å². The fourth-order valence-corrected chi connectivity index (χ4v) is 2.69. The van der Waals surface area contributed by atoms with Crippen LogP contribution in [0.15, 0.2) is 42.5 Å². The molecule has 2 rings (SSSR count). The summed E-state index contributed by atoms with van der Waals surface area (Å²) in [5, 5.41) is 0. The lowest BCUT2D eigenvalue weighted by Crippen LogP contribution is -1.84. The largest absolute Gasteiger partial charge is 0.0606 e. The summed E-state index contributed by atoms with van der Waals surface area (Å²) in [6.07, 6.45) is 4.35. The van der Waals surface area contributed by atoms with Gasteiger partial charge in [-0.25, -0.2) is 0 Å². The first-order valence-electron chi connectivity index (χ1n) is 5.35. The van der Waals surface area contributed by atoms with E-state index in [-0.39, 0.29) is 0 Å². The minimum atomic E-state index is 1.25. The van der Waals surface area contributed by atoms with Crippen molar-refractivity contribution in [1.82, 2.24) is 0 Å². The van der Waals surface area contributed by atoms with Gasteiger partial charge < -0.3 is 0 Å². The van der Waals surface area contributed by atoms with Gasteiger partial charge in [0.15, 0.2) is 0 Å². The van der Waals surface area contributed by atoms with Gasteiger partial charge in [-0.15, -0.1) is 0 Å². The minimum Gasteiger partial charge on any atom is -0.0606 e. The summed E-state index contributed by atoms with van der Waals surface area (Å²) in [6.45, 7) is 2.16. The van der Waals surface area contributed by atoms with Crippen molar-refractivity contribution in [1.29, 1.82) is 0 Å². The summed E-state index contributed by atoms with van der Waals surface area (Å²) < 4.78 is 2.58. The molecule has 0 unspecified atom stereocenters. The van der Waals surface area contributed by atoms with E-state index in [0.29, 0.717) is 0 Å². The molecular weight excluding hydrogens is 434 g/mol. The number of halogens is 2. The number of benzene rings is 2. The maximum atomic E-state index is 2.37. The molecule has 2 aromatic rings. The average Bonchev–Trinajstić information content (AvgIpc) is 2.31. The van der Waals surface area contributed by atoms with Crippen LogP contribution in [0.2, 0.25) is 0 Å². The highest BCUT2D eigenvalue weighted by atomic mass is 127. The minimum absolute atomic E-state index is 1.25. The van der Waals surface area contributed by atoms with Crippen molar-refractivity contribution in [2.75, 3.05) is 0 Å². The van der Waals surface area contributed by atoms with Gasteiger partial charge in [-0.3, -0.25) is 0 Å². The highest BCUT2D eigenvalue weighted by molar-refractivity contribution is 14.1. The molecule has 0 aliphatic rings. The van der Waals surface area contributed by atoms with E-state index in [1.165, 1.54) is 23.8 Å². The van der Waals surface area contributed by atoms with Crippen molar-refractivity contribution < 1.29 is 0 Å². The maximum Gasteiger partial charge on any atom is 0.0165 e. The van der Waals surface area contributed by atoms with Crippen LogP contribution < -0.4 is 0 Å². The Morgan fingerprint density at radius 3 is 2.47 bits per heavy atom. The first-order valence-corrected chi connectivity index (χ1v) is 7.51. The Morgan fingerprint density at radius 2 is 1.71 bits per heavy atom. The second-order valence-electron chi connectivity index (χ2n) is 3.84. The van der Waals surface area contributed by atoms with Gasteiger partial charge in [-0.1, -0.05) is 36.4 Å². The second kappa shape index (κ2) is 6.00. The Morgan fingerprint density at radius 1 is 0.941 bits per heavy atom. The van der Waals surface area contributed by atoms with Crippen LogP contribution in [0.4, 0.5) is 0 Å². The number of hydrogen-bond donors (Lipinski definition) is 0. The molecule has 0 fully saturated rings. The molecule has 0 aromatic heterocycles. The molecule has 0 spiro atoms. The monoisotopic (exact) mass is 446 g/mol. The van der Waals surface area contributed by atoms with E-state index in [9.17, 15) is 0 Å². The van der Waals surface area contributed by atoms with Gasteiger partial charge >= 0.3 is 0 Å². The van der Waals surface area contributed by atoms with Gasteiger partial charge in [0.1, 0.15) is 0 Å². The summed E-state index contributed by atoms with van der Waals surface area (Å²) in [7, 11) is 0. The Kier molecular flexibility index (Phi) is 4.62. The third kappa shape index (κ3) is 3.55. The lowest BCUT2D eigenvalue weighted by atomic mass is 10.1. The van der Waals surface area contributed by atoms with Crippen LogP contribution in [-0.2, 0) is 0 Å². The van der Waals surface area contributed by atoms with Crippen LogP contribution in [-0.4, -0.2) is 0 Å². The summed E-state index contributed by atoms with van der Waals surface area (Å²) in [6, 6.07) is 14.9. The van der Waals surface area contributed by atoms with E-state index < -0.39 is 0 Å². The van der Waals surface area contributed by atoms with E-state index in [0.717, 1.165) is 0 Å². The molecule has 2 heteroatoms. The summed E-state index contributed by atoms with van der Waals surface area (Å²) in [5.41, 5.74) is 3.88. The zero-order valence-corrected chi connectivity index (χ0v) is 13.8. The smallest absolute Gasteiger partial charge is 0.0165 e. The molecule has 0 atom stereocenters. The Bertz CT molecular complexity index is 557. The lowest BCUT2D eigenvalue weighted by Gasteiger charge is -2.02. The van der Waals surface area contributed by atoms with Crippen molar-refractivity contribution in [3.05, 3.63) is 66.3 Å². The predicted molar refractivity (Wildman–Crippen MR) is 92.0 cm³/mol. The Balaban J connectivity index is 2.29. The van der Waals surface area contributed by atoms with Gasteiger partial charge in [0, 0.05) is 7.14 Å². The highest BCUT2D eigenvalue weighted by Gasteiger charge is 1.97. The molecule has 0 aliphatic carbocycles. The first kappa shape index (κ1) is 13.1. The second-order valence-corrected chi connectivity index (χ2v) is 6.25.